The Morgan fingerprint density at radius 2 is 1.89 bits per heavy atom. The fourth-order valence-electron chi connectivity index (χ4n) is 2.72. The van der Waals surface area contributed by atoms with Gasteiger partial charge in [-0.05, 0) is 30.5 Å². The number of fused-ring (bicyclic) bond motifs is 1. The van der Waals surface area contributed by atoms with Crippen molar-refractivity contribution in [2.45, 2.75) is 44.3 Å². The molecule has 1 N–H and O–H groups in total. The normalized spacial score (nSPS) is 20.0. The lowest BCUT2D eigenvalue weighted by molar-refractivity contribution is -0.136. The molecule has 1 heterocycles. The van der Waals surface area contributed by atoms with Crippen LogP contribution in [-0.4, -0.2) is 16.9 Å². The lowest BCUT2D eigenvalue weighted by atomic mass is 9.94. The minimum atomic E-state index is -0.832. The summed E-state index contributed by atoms with van der Waals surface area (Å²) in [4.78, 5) is 10.7. The maximum absolute atomic E-state index is 10.7. The SMILES string of the molecule is O=C(O)Cc1ccc2c(c1)OC1(CCCCC1)O2. The molecule has 0 bridgehead atoms. The Labute approximate surface area is 106 Å². The number of carboxylic acid groups (broad SMARTS) is 1. The van der Waals surface area contributed by atoms with Gasteiger partial charge in [-0.3, -0.25) is 4.79 Å². The van der Waals surface area contributed by atoms with Gasteiger partial charge in [-0.1, -0.05) is 12.5 Å². The molecule has 0 radical (unpaired) electrons. The molecule has 0 atom stereocenters. The first-order valence-electron chi connectivity index (χ1n) is 6.40. The van der Waals surface area contributed by atoms with E-state index in [4.69, 9.17) is 14.6 Å². The van der Waals surface area contributed by atoms with Crippen LogP contribution >= 0.6 is 0 Å². The number of benzene rings is 1. The van der Waals surface area contributed by atoms with Crippen LogP contribution in [0.3, 0.4) is 0 Å². The van der Waals surface area contributed by atoms with Crippen LogP contribution in [0.5, 0.6) is 11.5 Å². The van der Waals surface area contributed by atoms with Crippen LogP contribution in [0.4, 0.5) is 0 Å². The molecule has 3 rings (SSSR count). The highest BCUT2D eigenvalue weighted by atomic mass is 16.7. The fraction of sp³-hybridized carbons (Fsp3) is 0.500. The van der Waals surface area contributed by atoms with E-state index in [1.54, 1.807) is 12.1 Å². The third-order valence-electron chi connectivity index (χ3n) is 3.57. The number of hydrogen-bond acceptors (Lipinski definition) is 3. The van der Waals surface area contributed by atoms with Crippen molar-refractivity contribution >= 4 is 5.97 Å². The molecule has 0 unspecified atom stereocenters. The second-order valence-corrected chi connectivity index (χ2v) is 5.03. The number of carboxylic acids is 1. The predicted molar refractivity (Wildman–Crippen MR) is 64.9 cm³/mol. The van der Waals surface area contributed by atoms with Crippen LogP contribution in [0.15, 0.2) is 18.2 Å². The molecule has 1 saturated carbocycles. The molecule has 96 valence electrons. The molecule has 1 aromatic rings. The van der Waals surface area contributed by atoms with Gasteiger partial charge in [0.05, 0.1) is 6.42 Å². The lowest BCUT2D eigenvalue weighted by Crippen LogP contribution is -2.40. The predicted octanol–water partition coefficient (Wildman–Crippen LogP) is 2.75. The first-order valence-corrected chi connectivity index (χ1v) is 6.40. The average molecular weight is 248 g/mol. The summed E-state index contributed by atoms with van der Waals surface area (Å²) in [6.07, 6.45) is 5.32. The summed E-state index contributed by atoms with van der Waals surface area (Å²) >= 11 is 0. The topological polar surface area (TPSA) is 55.8 Å². The third kappa shape index (κ3) is 2.03. The van der Waals surface area contributed by atoms with Crippen molar-refractivity contribution in [2.75, 3.05) is 0 Å². The summed E-state index contributed by atoms with van der Waals surface area (Å²) in [5.74, 6) is 0.116. The Kier molecular flexibility index (Phi) is 2.65. The molecule has 0 saturated heterocycles. The van der Waals surface area contributed by atoms with Crippen molar-refractivity contribution in [3.8, 4) is 11.5 Å². The Morgan fingerprint density at radius 1 is 1.17 bits per heavy atom. The van der Waals surface area contributed by atoms with E-state index in [9.17, 15) is 4.79 Å². The molecule has 1 aliphatic carbocycles. The second-order valence-electron chi connectivity index (χ2n) is 5.03. The second kappa shape index (κ2) is 4.19. The average Bonchev–Trinajstić information content (AvgIpc) is 2.66. The van der Waals surface area contributed by atoms with Crippen LogP contribution < -0.4 is 9.47 Å². The van der Waals surface area contributed by atoms with Gasteiger partial charge in [-0.2, -0.15) is 0 Å². The third-order valence-corrected chi connectivity index (χ3v) is 3.57. The van der Waals surface area contributed by atoms with Gasteiger partial charge in [0.2, 0.25) is 0 Å². The monoisotopic (exact) mass is 248 g/mol. The van der Waals surface area contributed by atoms with E-state index in [0.717, 1.165) is 37.0 Å². The van der Waals surface area contributed by atoms with Crippen molar-refractivity contribution in [1.82, 2.24) is 0 Å². The van der Waals surface area contributed by atoms with Crippen LogP contribution in [0.1, 0.15) is 37.7 Å². The largest absolute Gasteiger partial charge is 0.481 e. The van der Waals surface area contributed by atoms with Crippen molar-refractivity contribution < 1.29 is 19.4 Å². The molecule has 4 heteroatoms. The van der Waals surface area contributed by atoms with Crippen LogP contribution in [0, 0.1) is 0 Å². The van der Waals surface area contributed by atoms with Gasteiger partial charge in [0.25, 0.3) is 5.79 Å². The molecular formula is C14H16O4. The van der Waals surface area contributed by atoms with Crippen LogP contribution in [0.25, 0.3) is 0 Å². The molecule has 2 aliphatic rings. The molecule has 1 spiro atoms. The van der Waals surface area contributed by atoms with E-state index < -0.39 is 11.8 Å². The van der Waals surface area contributed by atoms with Gasteiger partial charge in [0, 0.05) is 12.8 Å². The number of aliphatic carboxylic acids is 1. The van der Waals surface area contributed by atoms with Gasteiger partial charge in [-0.25, -0.2) is 0 Å². The summed E-state index contributed by atoms with van der Waals surface area (Å²) in [5.41, 5.74) is 0.748. The summed E-state index contributed by atoms with van der Waals surface area (Å²) in [6, 6.07) is 5.39. The molecule has 0 amide bonds. The van der Waals surface area contributed by atoms with Gasteiger partial charge in [0.1, 0.15) is 0 Å². The highest BCUT2D eigenvalue weighted by Gasteiger charge is 2.42. The van der Waals surface area contributed by atoms with E-state index >= 15 is 0 Å². The zero-order valence-corrected chi connectivity index (χ0v) is 10.1. The van der Waals surface area contributed by atoms with E-state index in [0.29, 0.717) is 5.75 Å². The van der Waals surface area contributed by atoms with E-state index in [1.165, 1.54) is 6.42 Å². The van der Waals surface area contributed by atoms with Crippen LogP contribution in [-0.2, 0) is 11.2 Å². The molecule has 1 aromatic carbocycles. The number of hydrogen-bond donors (Lipinski definition) is 1. The number of carbonyl (C=O) groups is 1. The number of ether oxygens (including phenoxy) is 2. The molecule has 4 nitrogen and oxygen atoms in total. The van der Waals surface area contributed by atoms with Crippen molar-refractivity contribution in [3.05, 3.63) is 23.8 Å². The Hall–Kier alpha value is -1.71. The Bertz CT molecular complexity index is 475. The fourth-order valence-corrected chi connectivity index (χ4v) is 2.72. The summed E-state index contributed by atoms with van der Waals surface area (Å²) in [5, 5.41) is 8.79. The zero-order chi connectivity index (χ0) is 12.6. The summed E-state index contributed by atoms with van der Waals surface area (Å²) < 4.78 is 11.9. The van der Waals surface area contributed by atoms with Gasteiger partial charge >= 0.3 is 5.97 Å². The summed E-state index contributed by atoms with van der Waals surface area (Å²) in [6.45, 7) is 0. The van der Waals surface area contributed by atoms with Gasteiger partial charge < -0.3 is 14.6 Å². The maximum atomic E-state index is 10.7. The van der Waals surface area contributed by atoms with Gasteiger partial charge in [-0.15, -0.1) is 0 Å². The minimum Gasteiger partial charge on any atom is -0.481 e. The van der Waals surface area contributed by atoms with Crippen LogP contribution in [0.2, 0.25) is 0 Å². The number of rotatable bonds is 2. The first kappa shape index (κ1) is 11.4. The zero-order valence-electron chi connectivity index (χ0n) is 10.1. The Balaban J connectivity index is 1.82. The first-order chi connectivity index (χ1) is 8.67. The van der Waals surface area contributed by atoms with Crippen molar-refractivity contribution in [2.24, 2.45) is 0 Å². The lowest BCUT2D eigenvalue weighted by Gasteiger charge is -2.31. The quantitative estimate of drug-likeness (QED) is 0.874. The molecule has 1 aliphatic heterocycles. The smallest absolute Gasteiger partial charge is 0.307 e. The van der Waals surface area contributed by atoms with Crippen molar-refractivity contribution in [3.63, 3.8) is 0 Å². The molecule has 0 aromatic heterocycles. The molecule has 1 fully saturated rings. The minimum absolute atomic E-state index is 0.0175. The maximum Gasteiger partial charge on any atom is 0.307 e. The molecule has 18 heavy (non-hydrogen) atoms. The van der Waals surface area contributed by atoms with E-state index in [2.05, 4.69) is 0 Å². The molecular weight excluding hydrogens is 232 g/mol. The van der Waals surface area contributed by atoms with Crippen molar-refractivity contribution in [1.29, 1.82) is 0 Å². The highest BCUT2D eigenvalue weighted by Crippen LogP contribution is 2.45. The standard InChI is InChI=1S/C14H16O4/c15-13(16)9-10-4-5-11-12(8-10)18-14(17-11)6-2-1-3-7-14/h4-5,8H,1-3,6-7,9H2,(H,15,16). The van der Waals surface area contributed by atoms with E-state index in [-0.39, 0.29) is 6.42 Å². The Morgan fingerprint density at radius 3 is 2.61 bits per heavy atom. The van der Waals surface area contributed by atoms with E-state index in [1.807, 2.05) is 6.07 Å². The summed E-state index contributed by atoms with van der Waals surface area (Å²) in [7, 11) is 0. The highest BCUT2D eigenvalue weighted by molar-refractivity contribution is 5.70. The van der Waals surface area contributed by atoms with Gasteiger partial charge in [0.15, 0.2) is 11.5 Å².